The van der Waals surface area contributed by atoms with E-state index < -0.39 is 83.2 Å². The van der Waals surface area contributed by atoms with Crippen LogP contribution in [0.2, 0.25) is 0 Å². The van der Waals surface area contributed by atoms with Crippen molar-refractivity contribution in [2.24, 2.45) is 17.3 Å². The van der Waals surface area contributed by atoms with E-state index in [1.807, 2.05) is 0 Å². The zero-order valence-electron chi connectivity index (χ0n) is 23.6. The first-order valence-corrected chi connectivity index (χ1v) is 13.0. The summed E-state index contributed by atoms with van der Waals surface area (Å²) in [5.41, 5.74) is -2.32. The summed E-state index contributed by atoms with van der Waals surface area (Å²) < 4.78 is 28.7. The minimum Gasteiger partial charge on any atom is -0.462 e. The third-order valence-electron chi connectivity index (χ3n) is 8.27. The molecule has 39 heavy (non-hydrogen) atoms. The molecule has 216 valence electrons. The molecule has 0 bridgehead atoms. The second kappa shape index (κ2) is 11.1. The van der Waals surface area contributed by atoms with Crippen LogP contribution in [0.1, 0.15) is 68.2 Å². The highest BCUT2D eigenvalue weighted by atomic mass is 16.6. The van der Waals surface area contributed by atoms with Crippen LogP contribution in [0, 0.1) is 17.3 Å². The number of hydrogen-bond acceptors (Lipinski definition) is 11. The van der Waals surface area contributed by atoms with Crippen LogP contribution in [-0.2, 0) is 47.7 Å². The number of rotatable bonds is 4. The van der Waals surface area contributed by atoms with Crippen molar-refractivity contribution in [1.82, 2.24) is 0 Å². The largest absolute Gasteiger partial charge is 0.462 e. The lowest BCUT2D eigenvalue weighted by Gasteiger charge is -2.54. The predicted octanol–water partition coefficient (Wildman–Crippen LogP) is 2.33. The summed E-state index contributed by atoms with van der Waals surface area (Å²) in [5.74, 6) is -5.31. The van der Waals surface area contributed by atoms with Gasteiger partial charge in [0, 0.05) is 46.5 Å². The molecule has 0 amide bonds. The average molecular weight is 551 g/mol. The molecule has 9 atom stereocenters. The maximum atomic E-state index is 12.9. The number of carbonyl (C=O) groups excluding carboxylic acids is 5. The Morgan fingerprint density at radius 1 is 0.897 bits per heavy atom. The molecule has 0 saturated carbocycles. The maximum absolute atomic E-state index is 12.9. The summed E-state index contributed by atoms with van der Waals surface area (Å²) in [6, 6.07) is 0. The first kappa shape index (κ1) is 30.3. The summed E-state index contributed by atoms with van der Waals surface area (Å²) >= 11 is 0. The molecule has 11 heteroatoms. The number of aliphatic hydroxyl groups is 1. The summed E-state index contributed by atoms with van der Waals surface area (Å²) in [6.07, 6.45) is -2.06. The predicted molar refractivity (Wildman–Crippen MR) is 135 cm³/mol. The van der Waals surface area contributed by atoms with Gasteiger partial charge in [0.2, 0.25) is 0 Å². The van der Waals surface area contributed by atoms with Crippen LogP contribution in [-0.4, -0.2) is 71.1 Å². The molecule has 2 aliphatic carbocycles. The molecular weight excluding hydrogens is 512 g/mol. The Hall–Kier alpha value is -3.21. The molecule has 0 unspecified atom stereocenters. The molecule has 0 aromatic rings. The van der Waals surface area contributed by atoms with Crippen LogP contribution in [0.5, 0.6) is 0 Å². The van der Waals surface area contributed by atoms with Crippen molar-refractivity contribution in [1.29, 1.82) is 0 Å². The van der Waals surface area contributed by atoms with Crippen molar-refractivity contribution in [2.45, 2.75) is 104 Å². The lowest BCUT2D eigenvalue weighted by molar-refractivity contribution is -0.218. The summed E-state index contributed by atoms with van der Waals surface area (Å²) in [4.78, 5) is 62.2. The quantitative estimate of drug-likeness (QED) is 0.312. The van der Waals surface area contributed by atoms with E-state index in [1.54, 1.807) is 26.8 Å². The van der Waals surface area contributed by atoms with E-state index in [0.717, 1.165) is 0 Å². The Balaban J connectivity index is 2.42. The second-order valence-corrected chi connectivity index (χ2v) is 11.0. The average Bonchev–Trinajstić information content (AvgIpc) is 3.01. The smallest absolute Gasteiger partial charge is 0.312 e. The van der Waals surface area contributed by atoms with E-state index in [4.69, 9.17) is 23.7 Å². The van der Waals surface area contributed by atoms with Crippen LogP contribution in [0.25, 0.3) is 0 Å². The fraction of sp³-hybridized carbons (Fsp3) is 0.679. The molecule has 0 spiro atoms. The van der Waals surface area contributed by atoms with Gasteiger partial charge in [-0.3, -0.25) is 24.0 Å². The molecule has 3 aliphatic rings. The minimum atomic E-state index is -2.08. The normalized spacial score (nSPS) is 39.4. The van der Waals surface area contributed by atoms with Gasteiger partial charge >= 0.3 is 29.8 Å². The van der Waals surface area contributed by atoms with Crippen LogP contribution in [0.4, 0.5) is 0 Å². The van der Waals surface area contributed by atoms with Crippen molar-refractivity contribution in [3.63, 3.8) is 0 Å². The lowest BCUT2D eigenvalue weighted by Crippen LogP contribution is -2.65. The van der Waals surface area contributed by atoms with Gasteiger partial charge in [-0.25, -0.2) is 0 Å². The maximum Gasteiger partial charge on any atom is 0.312 e. The highest BCUT2D eigenvalue weighted by Gasteiger charge is 2.67. The number of hydrogen-bond donors (Lipinski definition) is 1. The van der Waals surface area contributed by atoms with Crippen molar-refractivity contribution >= 4 is 29.8 Å². The highest BCUT2D eigenvalue weighted by molar-refractivity contribution is 5.78. The standard InChI is InChI=1S/C28H38O11/c1-13-9-10-21(36-17(5)30)27(8)22(37-18(6)31)12-20(35-16(4)29)14(2)11-23-28(34,15(3)26(33)39-23)25(24(13)27)38-19(7)32/h9,11,15,20-25,34H,10,12H2,1-8H3/b14-11-/t15-,20+,21-,22+,23-,24+,25+,27+,28-/m0/s1. The van der Waals surface area contributed by atoms with Gasteiger partial charge in [-0.15, -0.1) is 0 Å². The Morgan fingerprint density at radius 2 is 1.44 bits per heavy atom. The Morgan fingerprint density at radius 3 is 1.97 bits per heavy atom. The first-order valence-electron chi connectivity index (χ1n) is 13.0. The molecule has 1 aliphatic heterocycles. The van der Waals surface area contributed by atoms with Crippen molar-refractivity contribution < 1.29 is 52.8 Å². The van der Waals surface area contributed by atoms with Gasteiger partial charge in [0.25, 0.3) is 0 Å². The van der Waals surface area contributed by atoms with Gasteiger partial charge < -0.3 is 28.8 Å². The molecule has 0 radical (unpaired) electrons. The molecular formula is C28H38O11. The van der Waals surface area contributed by atoms with E-state index in [1.165, 1.54) is 40.7 Å². The van der Waals surface area contributed by atoms with E-state index in [0.29, 0.717) is 11.1 Å². The van der Waals surface area contributed by atoms with E-state index >= 15 is 0 Å². The second-order valence-electron chi connectivity index (χ2n) is 11.0. The van der Waals surface area contributed by atoms with Gasteiger partial charge in [-0.1, -0.05) is 18.6 Å². The monoisotopic (exact) mass is 550 g/mol. The Kier molecular flexibility index (Phi) is 8.64. The van der Waals surface area contributed by atoms with Crippen molar-refractivity contribution in [3.05, 3.63) is 23.3 Å². The van der Waals surface area contributed by atoms with Gasteiger partial charge in [0.15, 0.2) is 11.7 Å². The van der Waals surface area contributed by atoms with Crippen LogP contribution in [0.3, 0.4) is 0 Å². The van der Waals surface area contributed by atoms with E-state index in [9.17, 15) is 29.1 Å². The fourth-order valence-corrected chi connectivity index (χ4v) is 6.35. The molecule has 1 fully saturated rings. The third kappa shape index (κ3) is 5.59. The number of esters is 5. The topological polar surface area (TPSA) is 152 Å². The number of carbonyl (C=O) groups is 5. The Bertz CT molecular complexity index is 1110. The SMILES string of the molecule is CC(=O)O[C@H]1CC=C(C)[C@@H]2[C@@H](OC(C)=O)[C@@]3(O)[C@H](/C=C(/C)[C@H](OC(C)=O)C[C@@H](OC(C)=O)[C@@]12C)OC(=O)[C@@H]3C. The van der Waals surface area contributed by atoms with Crippen LogP contribution >= 0.6 is 0 Å². The summed E-state index contributed by atoms with van der Waals surface area (Å²) in [6.45, 7) is 11.5. The molecule has 1 N–H and O–H groups in total. The molecule has 3 rings (SSSR count). The van der Waals surface area contributed by atoms with Gasteiger partial charge in [-0.05, 0) is 32.4 Å². The van der Waals surface area contributed by atoms with Gasteiger partial charge in [-0.2, -0.15) is 0 Å². The lowest BCUT2D eigenvalue weighted by atomic mass is 9.56. The fourth-order valence-electron chi connectivity index (χ4n) is 6.35. The van der Waals surface area contributed by atoms with Crippen LogP contribution in [0.15, 0.2) is 23.3 Å². The number of fused-ring (bicyclic) bond motifs is 2. The van der Waals surface area contributed by atoms with Gasteiger partial charge in [0.05, 0.1) is 11.3 Å². The number of ether oxygens (including phenoxy) is 5. The Labute approximate surface area is 227 Å². The highest BCUT2D eigenvalue weighted by Crippen LogP contribution is 2.55. The van der Waals surface area contributed by atoms with Gasteiger partial charge in [0.1, 0.15) is 24.4 Å². The third-order valence-corrected chi connectivity index (χ3v) is 8.27. The molecule has 0 aromatic carbocycles. The van der Waals surface area contributed by atoms with Crippen molar-refractivity contribution in [2.75, 3.05) is 0 Å². The van der Waals surface area contributed by atoms with Crippen molar-refractivity contribution in [3.8, 4) is 0 Å². The summed E-state index contributed by atoms with van der Waals surface area (Å²) in [7, 11) is 0. The first-order chi connectivity index (χ1) is 18.0. The van der Waals surface area contributed by atoms with Crippen LogP contribution < -0.4 is 0 Å². The summed E-state index contributed by atoms with van der Waals surface area (Å²) in [5, 5.41) is 12.4. The zero-order valence-corrected chi connectivity index (χ0v) is 23.6. The minimum absolute atomic E-state index is 0.0407. The molecule has 0 aromatic heterocycles. The molecule has 1 saturated heterocycles. The zero-order chi connectivity index (χ0) is 29.4. The molecule has 1 heterocycles. The molecule has 11 nitrogen and oxygen atoms in total. The van der Waals surface area contributed by atoms with E-state index in [2.05, 4.69) is 0 Å². The van der Waals surface area contributed by atoms with E-state index in [-0.39, 0.29) is 12.8 Å².